The lowest BCUT2D eigenvalue weighted by Crippen LogP contribution is -2.50. The van der Waals surface area contributed by atoms with Crippen LogP contribution in [-0.4, -0.2) is 56.8 Å². The molecule has 0 saturated carbocycles. The first-order valence-electron chi connectivity index (χ1n) is 11.9. The molecule has 2 aromatic carbocycles. The van der Waals surface area contributed by atoms with Gasteiger partial charge >= 0.3 is 6.18 Å². The smallest absolute Gasteiger partial charge is 0.377 e. The van der Waals surface area contributed by atoms with Crippen LogP contribution in [0.15, 0.2) is 46.1 Å². The van der Waals surface area contributed by atoms with Crippen molar-refractivity contribution in [3.63, 3.8) is 0 Å². The van der Waals surface area contributed by atoms with E-state index in [1.165, 1.54) is 21.6 Å². The Balaban J connectivity index is 1.73. The van der Waals surface area contributed by atoms with Crippen molar-refractivity contribution in [1.29, 1.82) is 0 Å². The van der Waals surface area contributed by atoms with E-state index in [0.29, 0.717) is 35.2 Å². The number of nitrogens with zero attached hydrogens (tertiary/aromatic N) is 3. The number of fused-ring (bicyclic) bond motifs is 1. The molecule has 13 heteroatoms. The number of aromatic nitrogens is 1. The molecule has 0 aliphatic carbocycles. The summed E-state index contributed by atoms with van der Waals surface area (Å²) in [5.74, 6) is -0.429. The van der Waals surface area contributed by atoms with Crippen LogP contribution >= 0.6 is 0 Å². The fraction of sp³-hybridized carbons (Fsp3) is 0.400. The van der Waals surface area contributed by atoms with Crippen LogP contribution in [0.4, 0.5) is 29.1 Å². The van der Waals surface area contributed by atoms with Crippen molar-refractivity contribution in [1.82, 2.24) is 9.47 Å². The first-order valence-corrected chi connectivity index (χ1v) is 13.5. The van der Waals surface area contributed by atoms with E-state index in [-0.39, 0.29) is 24.3 Å². The van der Waals surface area contributed by atoms with Crippen LogP contribution in [0.5, 0.6) is 0 Å². The average Bonchev–Trinajstić information content (AvgIpc) is 2.80. The van der Waals surface area contributed by atoms with Crippen molar-refractivity contribution in [2.45, 2.75) is 31.0 Å². The van der Waals surface area contributed by atoms with Gasteiger partial charge in [0.05, 0.1) is 12.2 Å². The second kappa shape index (κ2) is 10.2. The molecule has 1 saturated heterocycles. The van der Waals surface area contributed by atoms with E-state index in [9.17, 15) is 30.8 Å². The Labute approximate surface area is 217 Å². The van der Waals surface area contributed by atoms with Gasteiger partial charge in [-0.2, -0.15) is 13.2 Å². The van der Waals surface area contributed by atoms with Crippen LogP contribution in [0.1, 0.15) is 24.1 Å². The number of anilines is 2. The van der Waals surface area contributed by atoms with Gasteiger partial charge in [-0.05, 0) is 54.6 Å². The summed E-state index contributed by atoms with van der Waals surface area (Å²) in [6.45, 7) is 3.60. The molecular formula is C25H29F4N5O3S. The second-order valence-electron chi connectivity index (χ2n) is 9.59. The third-order valence-corrected chi connectivity index (χ3v) is 7.68. The maximum atomic E-state index is 14.4. The Morgan fingerprint density at radius 2 is 1.74 bits per heavy atom. The molecule has 0 amide bonds. The lowest BCUT2D eigenvalue weighted by Gasteiger charge is -2.37. The molecular weight excluding hydrogens is 526 g/mol. The largest absolute Gasteiger partial charge is 0.401 e. The minimum Gasteiger partial charge on any atom is -0.377 e. The molecule has 0 bridgehead atoms. The Kier molecular flexibility index (Phi) is 7.47. The van der Waals surface area contributed by atoms with E-state index in [4.69, 9.17) is 5.14 Å². The van der Waals surface area contributed by atoms with Crippen LogP contribution in [0.3, 0.4) is 0 Å². The first kappa shape index (κ1) is 27.9. The number of primary sulfonamides is 1. The highest BCUT2D eigenvalue weighted by molar-refractivity contribution is 7.89. The number of rotatable bonds is 6. The predicted molar refractivity (Wildman–Crippen MR) is 138 cm³/mol. The zero-order valence-electron chi connectivity index (χ0n) is 21.1. The van der Waals surface area contributed by atoms with Gasteiger partial charge in [-0.25, -0.2) is 17.9 Å². The fourth-order valence-corrected chi connectivity index (χ4v) is 5.72. The van der Waals surface area contributed by atoms with Crippen molar-refractivity contribution in [3.05, 3.63) is 63.7 Å². The van der Waals surface area contributed by atoms with Crippen LogP contribution in [0.25, 0.3) is 10.8 Å². The van der Waals surface area contributed by atoms with Crippen LogP contribution in [0, 0.1) is 12.7 Å². The molecule has 0 spiro atoms. The minimum absolute atomic E-state index is 0.0144. The highest BCUT2D eigenvalue weighted by Crippen LogP contribution is 2.32. The normalized spacial score (nSPS) is 16.2. The van der Waals surface area contributed by atoms with Gasteiger partial charge < -0.3 is 10.2 Å². The first-order chi connectivity index (χ1) is 17.7. The van der Waals surface area contributed by atoms with Crippen molar-refractivity contribution in [2.24, 2.45) is 12.2 Å². The lowest BCUT2D eigenvalue weighted by atomic mass is 9.97. The summed E-state index contributed by atoms with van der Waals surface area (Å²) in [7, 11) is -2.75. The SMILES string of the molecule is Cc1cc([C@@H](C)Nc2cccc(F)c2S(N)(=O)=O)c2cc(N3CCN(CC(F)(F)F)CC3)n(C)c(=O)c2c1. The molecule has 0 radical (unpaired) electrons. The zero-order valence-corrected chi connectivity index (χ0v) is 22.0. The third kappa shape index (κ3) is 5.79. The minimum atomic E-state index is -4.36. The molecule has 1 aliphatic rings. The second-order valence-corrected chi connectivity index (χ2v) is 11.1. The van der Waals surface area contributed by atoms with E-state index in [2.05, 4.69) is 5.32 Å². The van der Waals surface area contributed by atoms with Gasteiger partial charge in [0, 0.05) is 44.7 Å². The molecule has 4 rings (SSSR count). The number of halogens is 4. The van der Waals surface area contributed by atoms with Gasteiger partial charge in [0.1, 0.15) is 16.5 Å². The van der Waals surface area contributed by atoms with Gasteiger partial charge in [-0.3, -0.25) is 14.3 Å². The van der Waals surface area contributed by atoms with Crippen LogP contribution in [0.2, 0.25) is 0 Å². The van der Waals surface area contributed by atoms with Crippen molar-refractivity contribution < 1.29 is 26.0 Å². The summed E-state index contributed by atoms with van der Waals surface area (Å²) < 4.78 is 78.4. The number of alkyl halides is 3. The van der Waals surface area contributed by atoms with Gasteiger partial charge in [-0.1, -0.05) is 12.1 Å². The molecule has 1 atom stereocenters. The van der Waals surface area contributed by atoms with Crippen LogP contribution in [-0.2, 0) is 17.1 Å². The highest BCUT2D eigenvalue weighted by Gasteiger charge is 2.32. The van der Waals surface area contributed by atoms with E-state index in [1.54, 1.807) is 20.0 Å². The molecule has 206 valence electrons. The molecule has 1 aromatic heterocycles. The summed E-state index contributed by atoms with van der Waals surface area (Å²) in [5, 5.41) is 9.30. The van der Waals surface area contributed by atoms with Crippen molar-refractivity contribution >= 4 is 32.3 Å². The molecule has 1 fully saturated rings. The monoisotopic (exact) mass is 555 g/mol. The lowest BCUT2D eigenvalue weighted by molar-refractivity contribution is -0.146. The van der Waals surface area contributed by atoms with E-state index >= 15 is 0 Å². The number of aryl methyl sites for hydroxylation is 1. The number of piperazine rings is 1. The highest BCUT2D eigenvalue weighted by atomic mass is 32.2. The number of nitrogens with two attached hydrogens (primary N) is 1. The van der Waals surface area contributed by atoms with Gasteiger partial charge in [0.15, 0.2) is 0 Å². The van der Waals surface area contributed by atoms with E-state index < -0.39 is 39.5 Å². The molecule has 2 heterocycles. The summed E-state index contributed by atoms with van der Waals surface area (Å²) in [4.78, 5) is 15.9. The summed E-state index contributed by atoms with van der Waals surface area (Å²) in [5.41, 5.74) is 1.17. The fourth-order valence-electron chi connectivity index (χ4n) is 4.95. The number of benzene rings is 2. The standard InChI is InChI=1S/C25H29F4N5O3S/c1-15-11-17(16(2)31-21-6-4-5-20(26)23(21)38(30,36)37)18-13-22(32(3)24(35)19(18)12-15)34-9-7-33(8-10-34)14-25(27,28)29/h4-6,11-13,16,31H,7-10,14H2,1-3H3,(H2,30,36,37)/t16-/m1/s1. The number of nitrogens with one attached hydrogen (secondary N) is 1. The quantitative estimate of drug-likeness (QED) is 0.452. The average molecular weight is 556 g/mol. The number of sulfonamides is 1. The molecule has 1 aliphatic heterocycles. The third-order valence-electron chi connectivity index (χ3n) is 6.70. The van der Waals surface area contributed by atoms with Crippen LogP contribution < -0.4 is 20.9 Å². The maximum Gasteiger partial charge on any atom is 0.401 e. The topological polar surface area (TPSA) is 101 Å². The van der Waals surface area contributed by atoms with Gasteiger partial charge in [0.25, 0.3) is 5.56 Å². The number of hydrogen-bond donors (Lipinski definition) is 2. The van der Waals surface area contributed by atoms with E-state index in [0.717, 1.165) is 11.6 Å². The number of pyridine rings is 1. The Bertz CT molecular complexity index is 1530. The van der Waals surface area contributed by atoms with Gasteiger partial charge in [-0.15, -0.1) is 0 Å². The Morgan fingerprint density at radius 1 is 1.08 bits per heavy atom. The predicted octanol–water partition coefficient (Wildman–Crippen LogP) is 3.49. The molecule has 0 unspecified atom stereocenters. The van der Waals surface area contributed by atoms with E-state index in [1.807, 2.05) is 24.0 Å². The Hall–Kier alpha value is -3.16. The molecule has 38 heavy (non-hydrogen) atoms. The number of hydrogen-bond acceptors (Lipinski definition) is 6. The zero-order chi connectivity index (χ0) is 28.0. The molecule has 8 nitrogen and oxygen atoms in total. The Morgan fingerprint density at radius 3 is 2.34 bits per heavy atom. The van der Waals surface area contributed by atoms with Crippen molar-refractivity contribution in [3.8, 4) is 0 Å². The molecule has 3 N–H and O–H groups in total. The summed E-state index contributed by atoms with van der Waals surface area (Å²) >= 11 is 0. The van der Waals surface area contributed by atoms with Gasteiger partial charge in [0.2, 0.25) is 10.0 Å². The van der Waals surface area contributed by atoms with Crippen molar-refractivity contribution in [2.75, 3.05) is 42.9 Å². The summed E-state index contributed by atoms with van der Waals surface area (Å²) in [6, 6.07) is 8.61. The maximum absolute atomic E-state index is 14.4. The summed E-state index contributed by atoms with van der Waals surface area (Å²) in [6.07, 6.45) is -4.28. The molecule has 3 aromatic rings.